The molecule has 1 aromatic heterocycles. The molecule has 0 bridgehead atoms. The summed E-state index contributed by atoms with van der Waals surface area (Å²) in [7, 11) is 0. The second-order valence-electron chi connectivity index (χ2n) is 5.48. The molecule has 0 aliphatic heterocycles. The molecular formula is C18H19N5O2. The van der Waals surface area contributed by atoms with Gasteiger partial charge in [0.25, 0.3) is 5.91 Å². The molecule has 1 heterocycles. The first-order valence-corrected chi connectivity index (χ1v) is 7.91. The Bertz CT molecular complexity index is 869. The van der Waals surface area contributed by atoms with Crippen molar-refractivity contribution < 1.29 is 9.53 Å². The average molecular weight is 337 g/mol. The molecule has 0 fully saturated rings. The van der Waals surface area contributed by atoms with Crippen molar-refractivity contribution in [2.75, 3.05) is 17.7 Å². The lowest BCUT2D eigenvalue weighted by atomic mass is 10.2. The molecule has 0 atom stereocenters. The van der Waals surface area contributed by atoms with Crippen LogP contribution in [0.3, 0.4) is 0 Å². The van der Waals surface area contributed by atoms with E-state index in [1.54, 1.807) is 24.3 Å². The minimum absolute atomic E-state index is 0.0782. The number of anilines is 2. The van der Waals surface area contributed by atoms with Gasteiger partial charge in [-0.15, -0.1) is 5.10 Å². The molecule has 7 heteroatoms. The van der Waals surface area contributed by atoms with E-state index < -0.39 is 5.91 Å². The van der Waals surface area contributed by atoms with Gasteiger partial charge >= 0.3 is 0 Å². The normalized spacial score (nSPS) is 10.5. The topological polar surface area (TPSA) is 95.1 Å². The van der Waals surface area contributed by atoms with Gasteiger partial charge in [-0.3, -0.25) is 4.79 Å². The van der Waals surface area contributed by atoms with Crippen LogP contribution in [-0.2, 0) is 0 Å². The van der Waals surface area contributed by atoms with Crippen LogP contribution in [0.25, 0.3) is 5.69 Å². The Morgan fingerprint density at radius 2 is 1.84 bits per heavy atom. The van der Waals surface area contributed by atoms with Gasteiger partial charge in [-0.25, -0.2) is 0 Å². The standard InChI is InChI=1S/C18H19N5O2/c1-3-25-15-10-6-13(7-11-15)20-18(24)16-17(19)23(22-21-16)14-8-4-12(2)5-9-14/h4-11H,3,19H2,1-2H3,(H,20,24). The van der Waals surface area contributed by atoms with Crippen molar-refractivity contribution in [2.24, 2.45) is 0 Å². The zero-order chi connectivity index (χ0) is 17.8. The van der Waals surface area contributed by atoms with Crippen molar-refractivity contribution in [1.29, 1.82) is 0 Å². The Hall–Kier alpha value is -3.35. The number of amides is 1. The molecule has 2 aromatic carbocycles. The highest BCUT2D eigenvalue weighted by molar-refractivity contribution is 6.05. The van der Waals surface area contributed by atoms with Crippen molar-refractivity contribution in [1.82, 2.24) is 15.0 Å². The maximum absolute atomic E-state index is 12.4. The van der Waals surface area contributed by atoms with Gasteiger partial charge in [0.15, 0.2) is 11.5 Å². The van der Waals surface area contributed by atoms with Crippen molar-refractivity contribution in [2.45, 2.75) is 13.8 Å². The number of nitrogens with one attached hydrogen (secondary N) is 1. The van der Waals surface area contributed by atoms with Crippen LogP contribution in [0, 0.1) is 6.92 Å². The Balaban J connectivity index is 1.77. The number of hydrogen-bond donors (Lipinski definition) is 2. The van der Waals surface area contributed by atoms with E-state index in [9.17, 15) is 4.79 Å². The number of carbonyl (C=O) groups is 1. The number of aromatic nitrogens is 3. The van der Waals surface area contributed by atoms with Gasteiger partial charge in [0.05, 0.1) is 12.3 Å². The van der Waals surface area contributed by atoms with Gasteiger partial charge in [-0.1, -0.05) is 22.9 Å². The predicted molar refractivity (Wildman–Crippen MR) is 96.1 cm³/mol. The van der Waals surface area contributed by atoms with Crippen LogP contribution in [0.1, 0.15) is 23.0 Å². The highest BCUT2D eigenvalue weighted by Crippen LogP contribution is 2.19. The average Bonchev–Trinajstić information content (AvgIpc) is 2.99. The summed E-state index contributed by atoms with van der Waals surface area (Å²) in [6.45, 7) is 4.49. The van der Waals surface area contributed by atoms with Gasteiger partial charge in [0, 0.05) is 5.69 Å². The van der Waals surface area contributed by atoms with Crippen LogP contribution < -0.4 is 15.8 Å². The number of rotatable bonds is 5. The number of carbonyl (C=O) groups excluding carboxylic acids is 1. The van der Waals surface area contributed by atoms with Crippen molar-refractivity contribution in [3.05, 3.63) is 59.8 Å². The first-order chi connectivity index (χ1) is 12.1. The second-order valence-corrected chi connectivity index (χ2v) is 5.48. The molecular weight excluding hydrogens is 318 g/mol. The molecule has 0 unspecified atom stereocenters. The minimum atomic E-state index is -0.417. The van der Waals surface area contributed by atoms with Crippen molar-refractivity contribution in [3.8, 4) is 11.4 Å². The van der Waals surface area contributed by atoms with Crippen molar-refractivity contribution >= 4 is 17.4 Å². The third-order valence-corrected chi connectivity index (χ3v) is 3.62. The summed E-state index contributed by atoms with van der Waals surface area (Å²) in [6, 6.07) is 14.7. The molecule has 0 radical (unpaired) electrons. The fraction of sp³-hybridized carbons (Fsp3) is 0.167. The van der Waals surface area contributed by atoms with E-state index in [4.69, 9.17) is 10.5 Å². The van der Waals surface area contributed by atoms with Crippen LogP contribution in [0.4, 0.5) is 11.5 Å². The number of nitrogens with two attached hydrogens (primary N) is 1. The minimum Gasteiger partial charge on any atom is -0.494 e. The zero-order valence-electron chi connectivity index (χ0n) is 14.1. The van der Waals surface area contributed by atoms with E-state index in [0.717, 1.165) is 17.0 Å². The quantitative estimate of drug-likeness (QED) is 0.746. The van der Waals surface area contributed by atoms with E-state index in [1.807, 2.05) is 38.1 Å². The SMILES string of the molecule is CCOc1ccc(NC(=O)c2nnn(-c3ccc(C)cc3)c2N)cc1. The molecule has 25 heavy (non-hydrogen) atoms. The first-order valence-electron chi connectivity index (χ1n) is 7.91. The maximum Gasteiger partial charge on any atom is 0.280 e. The van der Waals surface area contributed by atoms with Crippen LogP contribution in [0.5, 0.6) is 5.75 Å². The van der Waals surface area contributed by atoms with Crippen LogP contribution in [-0.4, -0.2) is 27.5 Å². The fourth-order valence-corrected chi connectivity index (χ4v) is 2.32. The maximum atomic E-state index is 12.4. The summed E-state index contributed by atoms with van der Waals surface area (Å²) in [6.07, 6.45) is 0. The summed E-state index contributed by atoms with van der Waals surface area (Å²) in [5.41, 5.74) is 8.62. The summed E-state index contributed by atoms with van der Waals surface area (Å²) >= 11 is 0. The molecule has 3 aromatic rings. The molecule has 0 saturated heterocycles. The van der Waals surface area contributed by atoms with Crippen LogP contribution >= 0.6 is 0 Å². The molecule has 0 spiro atoms. The number of aryl methyl sites for hydroxylation is 1. The molecule has 7 nitrogen and oxygen atoms in total. The molecule has 0 saturated carbocycles. The molecule has 128 valence electrons. The van der Waals surface area contributed by atoms with E-state index in [1.165, 1.54) is 4.68 Å². The van der Waals surface area contributed by atoms with Crippen LogP contribution in [0.2, 0.25) is 0 Å². The lowest BCUT2D eigenvalue weighted by Gasteiger charge is -2.07. The third-order valence-electron chi connectivity index (χ3n) is 3.62. The predicted octanol–water partition coefficient (Wildman–Crippen LogP) is 2.81. The highest BCUT2D eigenvalue weighted by atomic mass is 16.5. The van der Waals surface area contributed by atoms with Gasteiger partial charge in [0.2, 0.25) is 0 Å². The summed E-state index contributed by atoms with van der Waals surface area (Å²) in [4.78, 5) is 12.4. The van der Waals surface area contributed by atoms with Gasteiger partial charge < -0.3 is 15.8 Å². The Kier molecular flexibility index (Phi) is 4.65. The van der Waals surface area contributed by atoms with Crippen molar-refractivity contribution in [3.63, 3.8) is 0 Å². The van der Waals surface area contributed by atoms with Crippen LogP contribution in [0.15, 0.2) is 48.5 Å². The summed E-state index contributed by atoms with van der Waals surface area (Å²) in [5.74, 6) is 0.512. The molecule has 1 amide bonds. The molecule has 3 N–H and O–H groups in total. The van der Waals surface area contributed by atoms with E-state index in [-0.39, 0.29) is 11.5 Å². The Labute approximate surface area is 145 Å². The lowest BCUT2D eigenvalue weighted by molar-refractivity contribution is 0.102. The second kappa shape index (κ2) is 7.04. The third kappa shape index (κ3) is 3.60. The number of ether oxygens (including phenoxy) is 1. The van der Waals surface area contributed by atoms with E-state index in [0.29, 0.717) is 12.3 Å². The number of benzene rings is 2. The highest BCUT2D eigenvalue weighted by Gasteiger charge is 2.18. The Morgan fingerprint density at radius 3 is 2.48 bits per heavy atom. The lowest BCUT2D eigenvalue weighted by Crippen LogP contribution is -2.15. The number of nitrogen functional groups attached to an aromatic ring is 1. The summed E-state index contributed by atoms with van der Waals surface area (Å²) < 4.78 is 6.81. The first kappa shape index (κ1) is 16.5. The Morgan fingerprint density at radius 1 is 1.16 bits per heavy atom. The fourth-order valence-electron chi connectivity index (χ4n) is 2.32. The molecule has 0 aliphatic carbocycles. The molecule has 0 aliphatic rings. The summed E-state index contributed by atoms with van der Waals surface area (Å²) in [5, 5.41) is 10.6. The number of hydrogen-bond acceptors (Lipinski definition) is 5. The molecule has 3 rings (SSSR count). The van der Waals surface area contributed by atoms with Gasteiger partial charge in [-0.2, -0.15) is 4.68 Å². The van der Waals surface area contributed by atoms with E-state index in [2.05, 4.69) is 15.6 Å². The smallest absolute Gasteiger partial charge is 0.280 e. The van der Waals surface area contributed by atoms with E-state index >= 15 is 0 Å². The zero-order valence-corrected chi connectivity index (χ0v) is 14.1. The van der Waals surface area contributed by atoms with Gasteiger partial charge in [-0.05, 0) is 50.2 Å². The monoisotopic (exact) mass is 337 g/mol. The van der Waals surface area contributed by atoms with Gasteiger partial charge in [0.1, 0.15) is 5.75 Å². The largest absolute Gasteiger partial charge is 0.494 e. The number of nitrogens with zero attached hydrogens (tertiary/aromatic N) is 3.